The second-order valence-electron chi connectivity index (χ2n) is 11.5. The third kappa shape index (κ3) is 4.75. The molecule has 0 radical (unpaired) electrons. The van der Waals surface area contributed by atoms with Crippen LogP contribution in [0.5, 0.6) is 0 Å². The zero-order chi connectivity index (χ0) is 24.1. The highest BCUT2D eigenvalue weighted by Gasteiger charge is 2.72. The summed E-state index contributed by atoms with van der Waals surface area (Å²) in [5.41, 5.74) is 0.743. The second kappa shape index (κ2) is 9.34. The predicted molar refractivity (Wildman–Crippen MR) is 125 cm³/mol. The number of allylic oxidation sites excluding steroid dienone is 1. The van der Waals surface area contributed by atoms with Crippen molar-refractivity contribution in [2.45, 2.75) is 88.6 Å². The van der Waals surface area contributed by atoms with E-state index in [1.165, 1.54) is 5.57 Å². The lowest BCUT2D eigenvalue weighted by molar-refractivity contribution is -0.124. The molecule has 4 saturated heterocycles. The van der Waals surface area contributed by atoms with Crippen LogP contribution in [0, 0.1) is 11.8 Å². The monoisotopic (exact) mass is 480 g/mol. The summed E-state index contributed by atoms with van der Waals surface area (Å²) in [5, 5.41) is 0. The van der Waals surface area contributed by atoms with E-state index < -0.39 is 6.17 Å². The van der Waals surface area contributed by atoms with E-state index in [0.29, 0.717) is 18.9 Å². The van der Waals surface area contributed by atoms with Gasteiger partial charge in [-0.25, -0.2) is 9.18 Å². The van der Waals surface area contributed by atoms with Crippen LogP contribution in [-0.2, 0) is 18.9 Å². The summed E-state index contributed by atoms with van der Waals surface area (Å²) in [6.45, 7) is 10.9. The fourth-order valence-electron chi connectivity index (χ4n) is 6.53. The van der Waals surface area contributed by atoms with E-state index in [0.717, 1.165) is 58.5 Å². The minimum atomic E-state index is -0.674. The number of carbonyl (C=O) groups excluding carboxylic acids is 1. The Morgan fingerprint density at radius 3 is 2.62 bits per heavy atom. The Kier molecular flexibility index (Phi) is 6.72. The summed E-state index contributed by atoms with van der Waals surface area (Å²) in [5.74, 6) is 0.511. The van der Waals surface area contributed by atoms with Crippen LogP contribution in [0.25, 0.3) is 0 Å². The van der Waals surface area contributed by atoms with Gasteiger partial charge in [0.1, 0.15) is 29.6 Å². The van der Waals surface area contributed by atoms with Gasteiger partial charge in [-0.3, -0.25) is 0 Å². The first-order valence-corrected chi connectivity index (χ1v) is 13.0. The maximum Gasteiger partial charge on any atom is 0.410 e. The summed E-state index contributed by atoms with van der Waals surface area (Å²) in [4.78, 5) is 16.9. The van der Waals surface area contributed by atoms with Gasteiger partial charge in [-0.1, -0.05) is 11.6 Å². The van der Waals surface area contributed by atoms with Crippen molar-refractivity contribution in [1.82, 2.24) is 9.80 Å². The molecule has 1 spiro atoms. The zero-order valence-corrected chi connectivity index (χ0v) is 21.1. The molecule has 5 rings (SSSR count). The first-order chi connectivity index (χ1) is 16.2. The molecule has 4 heterocycles. The van der Waals surface area contributed by atoms with E-state index in [-0.39, 0.29) is 41.5 Å². The second-order valence-corrected chi connectivity index (χ2v) is 11.5. The van der Waals surface area contributed by atoms with E-state index in [4.69, 9.17) is 18.9 Å². The number of amides is 1. The molecule has 0 aromatic rings. The van der Waals surface area contributed by atoms with Crippen molar-refractivity contribution in [3.8, 4) is 0 Å². The number of likely N-dealkylation sites (tertiary alicyclic amines) is 2. The average Bonchev–Trinajstić information content (AvgIpc) is 3.63. The van der Waals surface area contributed by atoms with E-state index in [1.807, 2.05) is 0 Å². The molecule has 0 aromatic heterocycles. The van der Waals surface area contributed by atoms with Gasteiger partial charge in [0.05, 0.1) is 18.6 Å². The number of methoxy groups -OCH3 is 1. The van der Waals surface area contributed by atoms with Crippen molar-refractivity contribution in [1.29, 1.82) is 0 Å². The number of epoxide rings is 2. The molecule has 1 aliphatic carbocycles. The van der Waals surface area contributed by atoms with Gasteiger partial charge in [0, 0.05) is 33.3 Å². The highest BCUT2D eigenvalue weighted by atomic mass is 19.1. The zero-order valence-electron chi connectivity index (χ0n) is 21.1. The number of alkyl halides is 1. The number of hydrogen-bond donors (Lipinski definition) is 0. The summed E-state index contributed by atoms with van der Waals surface area (Å²) in [7, 11) is 1.71. The van der Waals surface area contributed by atoms with Gasteiger partial charge in [0.15, 0.2) is 0 Å². The van der Waals surface area contributed by atoms with Gasteiger partial charge in [0.2, 0.25) is 0 Å². The van der Waals surface area contributed by atoms with Crippen LogP contribution in [0.2, 0.25) is 0 Å². The molecule has 4 aliphatic heterocycles. The largest absolute Gasteiger partial charge is 0.443 e. The molecule has 0 unspecified atom stereocenters. The number of nitrogens with zero attached hydrogens (tertiary/aromatic N) is 2. The van der Waals surface area contributed by atoms with Crippen molar-refractivity contribution >= 4 is 6.09 Å². The van der Waals surface area contributed by atoms with Crippen molar-refractivity contribution < 1.29 is 28.1 Å². The van der Waals surface area contributed by atoms with Crippen molar-refractivity contribution in [3.05, 3.63) is 11.6 Å². The van der Waals surface area contributed by atoms with Gasteiger partial charge in [-0.2, -0.15) is 0 Å². The summed E-state index contributed by atoms with van der Waals surface area (Å²) in [6, 6.07) is 0. The topological polar surface area (TPSA) is 67.1 Å². The maximum absolute atomic E-state index is 13.4. The molecule has 0 bridgehead atoms. The normalized spacial score (nSPS) is 41.9. The SMILES string of the molecule is CO[C@@H]1[C@H](OC(=O)N2CC(CCN3CC[C@@H](F)C3)C2)CC[C@]2(CO2)[C@H]1[C@@]1(C)O[C@@H]1CC=C(C)C. The standard InChI is InChI=1S/C26H41FN2O5/c1-17(2)5-6-21-25(3,34-21)23-22(31-4)20(7-10-26(23)16-32-26)33-24(30)29-13-18(14-29)8-11-28-12-9-19(27)15-28/h5,18-23H,6-16H2,1-4H3/t19-,20-,21-,22-,23-,25+,26+/m1/s1. The predicted octanol–water partition coefficient (Wildman–Crippen LogP) is 3.57. The summed E-state index contributed by atoms with van der Waals surface area (Å²) < 4.78 is 37.6. The molecular weight excluding hydrogens is 439 g/mol. The lowest BCUT2D eigenvalue weighted by Crippen LogP contribution is -2.57. The number of halogens is 1. The number of rotatable bonds is 8. The Morgan fingerprint density at radius 2 is 2.00 bits per heavy atom. The first-order valence-electron chi connectivity index (χ1n) is 13.0. The van der Waals surface area contributed by atoms with Crippen LogP contribution >= 0.6 is 0 Å². The number of hydrogen-bond acceptors (Lipinski definition) is 6. The number of carbonyl (C=O) groups is 1. The Labute approximate surface area is 202 Å². The van der Waals surface area contributed by atoms with Gasteiger partial charge in [0.25, 0.3) is 0 Å². The Morgan fingerprint density at radius 1 is 1.24 bits per heavy atom. The number of ether oxygens (including phenoxy) is 4. The third-order valence-electron chi connectivity index (χ3n) is 8.77. The first kappa shape index (κ1) is 24.5. The highest BCUT2D eigenvalue weighted by molar-refractivity contribution is 5.69. The summed E-state index contributed by atoms with van der Waals surface area (Å²) >= 11 is 0. The lowest BCUT2D eigenvalue weighted by Gasteiger charge is -2.44. The van der Waals surface area contributed by atoms with E-state index in [9.17, 15) is 9.18 Å². The molecule has 0 aromatic carbocycles. The highest BCUT2D eigenvalue weighted by Crippen LogP contribution is 2.59. The van der Waals surface area contributed by atoms with Gasteiger partial charge >= 0.3 is 6.09 Å². The van der Waals surface area contributed by atoms with E-state index >= 15 is 0 Å². The molecule has 34 heavy (non-hydrogen) atoms. The van der Waals surface area contributed by atoms with Crippen LogP contribution in [0.1, 0.15) is 52.9 Å². The van der Waals surface area contributed by atoms with Crippen LogP contribution in [0.3, 0.4) is 0 Å². The molecule has 7 nitrogen and oxygen atoms in total. The van der Waals surface area contributed by atoms with Gasteiger partial charge in [-0.05, 0) is 65.3 Å². The summed E-state index contributed by atoms with van der Waals surface area (Å²) in [6.07, 6.45) is 5.03. The fraction of sp³-hybridized carbons (Fsp3) is 0.885. The van der Waals surface area contributed by atoms with Crippen molar-refractivity contribution in [2.75, 3.05) is 46.4 Å². The van der Waals surface area contributed by atoms with Crippen LogP contribution < -0.4 is 0 Å². The Hall–Kier alpha value is -1.22. The van der Waals surface area contributed by atoms with E-state index in [2.05, 4.69) is 31.7 Å². The molecule has 192 valence electrons. The third-order valence-corrected chi connectivity index (χ3v) is 8.77. The van der Waals surface area contributed by atoms with Crippen LogP contribution in [-0.4, -0.2) is 98.0 Å². The molecule has 0 N–H and O–H groups in total. The minimum Gasteiger partial charge on any atom is -0.443 e. The molecular formula is C26H41FN2O5. The quantitative estimate of drug-likeness (QED) is 0.391. The average molecular weight is 481 g/mol. The maximum atomic E-state index is 13.4. The molecule has 1 saturated carbocycles. The Balaban J connectivity index is 1.14. The molecule has 5 aliphatic rings. The van der Waals surface area contributed by atoms with E-state index in [1.54, 1.807) is 12.0 Å². The molecule has 8 heteroatoms. The minimum absolute atomic E-state index is 0.0380. The Bertz CT molecular complexity index is 794. The van der Waals surface area contributed by atoms with Crippen LogP contribution in [0.15, 0.2) is 11.6 Å². The smallest absolute Gasteiger partial charge is 0.410 e. The molecule has 7 atom stereocenters. The van der Waals surface area contributed by atoms with Gasteiger partial charge < -0.3 is 28.7 Å². The van der Waals surface area contributed by atoms with Crippen molar-refractivity contribution in [2.24, 2.45) is 11.8 Å². The lowest BCUT2D eigenvalue weighted by atomic mass is 9.68. The van der Waals surface area contributed by atoms with Gasteiger partial charge in [-0.15, -0.1) is 0 Å². The molecule has 5 fully saturated rings. The van der Waals surface area contributed by atoms with Crippen molar-refractivity contribution in [3.63, 3.8) is 0 Å². The molecule has 1 amide bonds. The van der Waals surface area contributed by atoms with Crippen LogP contribution in [0.4, 0.5) is 9.18 Å². The fourth-order valence-corrected chi connectivity index (χ4v) is 6.53.